The molecule has 2 aromatic heterocycles. The van der Waals surface area contributed by atoms with Gasteiger partial charge in [-0.15, -0.1) is 0 Å². The minimum atomic E-state index is -0.118. The lowest BCUT2D eigenvalue weighted by Gasteiger charge is -2.09. The lowest BCUT2D eigenvalue weighted by Crippen LogP contribution is -2.06. The van der Waals surface area contributed by atoms with E-state index in [-0.39, 0.29) is 5.91 Å². The van der Waals surface area contributed by atoms with Gasteiger partial charge in [0.25, 0.3) is 0 Å². The first-order valence-corrected chi connectivity index (χ1v) is 7.43. The first-order chi connectivity index (χ1) is 11.7. The van der Waals surface area contributed by atoms with Crippen molar-refractivity contribution in [1.82, 2.24) is 9.97 Å². The predicted molar refractivity (Wildman–Crippen MR) is 92.1 cm³/mol. The van der Waals surface area contributed by atoms with Crippen LogP contribution in [0.25, 0.3) is 0 Å². The molecule has 0 aliphatic carbocycles. The van der Waals surface area contributed by atoms with Gasteiger partial charge in [-0.3, -0.25) is 4.79 Å². The summed E-state index contributed by atoms with van der Waals surface area (Å²) in [4.78, 5) is 19.7. The van der Waals surface area contributed by atoms with E-state index in [0.717, 1.165) is 11.4 Å². The number of carbonyl (C=O) groups excluding carboxylic acids is 1. The van der Waals surface area contributed by atoms with Gasteiger partial charge >= 0.3 is 0 Å². The number of nitrogens with zero attached hydrogens (tertiary/aromatic N) is 2. The van der Waals surface area contributed by atoms with Crippen molar-refractivity contribution < 1.29 is 9.21 Å². The van der Waals surface area contributed by atoms with Gasteiger partial charge < -0.3 is 20.4 Å². The monoisotopic (exact) mass is 323 g/mol. The molecule has 0 fully saturated rings. The minimum absolute atomic E-state index is 0.118. The molecule has 0 aliphatic rings. The Morgan fingerprint density at radius 3 is 2.83 bits per heavy atom. The third-order valence-electron chi connectivity index (χ3n) is 3.12. The quantitative estimate of drug-likeness (QED) is 0.644. The van der Waals surface area contributed by atoms with Crippen LogP contribution in [0.3, 0.4) is 0 Å². The van der Waals surface area contributed by atoms with Crippen LogP contribution in [0.5, 0.6) is 0 Å². The Bertz CT molecular complexity index is 817. The van der Waals surface area contributed by atoms with E-state index in [2.05, 4.69) is 25.9 Å². The first-order valence-electron chi connectivity index (χ1n) is 7.43. The van der Waals surface area contributed by atoms with E-state index in [1.54, 1.807) is 18.5 Å². The molecule has 0 radical (unpaired) electrons. The van der Waals surface area contributed by atoms with Crippen molar-refractivity contribution in [3.05, 3.63) is 60.7 Å². The summed E-state index contributed by atoms with van der Waals surface area (Å²) in [6.45, 7) is 2.01. The fraction of sp³-hybridized carbons (Fsp3) is 0.118. The van der Waals surface area contributed by atoms with Gasteiger partial charge in [0, 0.05) is 24.5 Å². The molecule has 0 bridgehead atoms. The molecule has 0 saturated heterocycles. The summed E-state index contributed by atoms with van der Waals surface area (Å²) in [5, 5.41) is 9.02. The highest BCUT2D eigenvalue weighted by atomic mass is 16.3. The zero-order valence-corrected chi connectivity index (χ0v) is 13.1. The van der Waals surface area contributed by atoms with Gasteiger partial charge in [-0.25, -0.2) is 4.98 Å². The van der Waals surface area contributed by atoms with E-state index >= 15 is 0 Å². The first kappa shape index (κ1) is 15.5. The molecule has 3 rings (SSSR count). The average Bonchev–Trinajstić information content (AvgIpc) is 3.06. The maximum absolute atomic E-state index is 11.1. The number of carbonyl (C=O) groups is 1. The second kappa shape index (κ2) is 7.28. The average molecular weight is 323 g/mol. The zero-order chi connectivity index (χ0) is 16.8. The van der Waals surface area contributed by atoms with E-state index < -0.39 is 0 Å². The molecule has 0 saturated carbocycles. The van der Waals surface area contributed by atoms with Crippen LogP contribution >= 0.6 is 0 Å². The Balaban J connectivity index is 1.67. The van der Waals surface area contributed by atoms with Crippen LogP contribution in [0.15, 0.2) is 59.3 Å². The number of anilines is 4. The second-order valence-corrected chi connectivity index (χ2v) is 5.09. The summed E-state index contributed by atoms with van der Waals surface area (Å²) in [6.07, 6.45) is 3.30. The second-order valence-electron chi connectivity index (χ2n) is 5.09. The van der Waals surface area contributed by atoms with Gasteiger partial charge in [-0.1, -0.05) is 6.07 Å². The Hall–Kier alpha value is -3.35. The Morgan fingerprint density at radius 1 is 1.17 bits per heavy atom. The largest absolute Gasteiger partial charge is 0.467 e. The van der Waals surface area contributed by atoms with E-state index in [9.17, 15) is 4.79 Å². The smallest absolute Gasteiger partial charge is 0.229 e. The molecule has 0 unspecified atom stereocenters. The number of nitrogens with one attached hydrogen (secondary N) is 3. The molecule has 0 atom stereocenters. The summed E-state index contributed by atoms with van der Waals surface area (Å²) >= 11 is 0. The molecule has 3 N–H and O–H groups in total. The van der Waals surface area contributed by atoms with Gasteiger partial charge in [0.2, 0.25) is 11.9 Å². The number of hydrogen-bond donors (Lipinski definition) is 3. The van der Waals surface area contributed by atoms with Gasteiger partial charge in [0.1, 0.15) is 11.6 Å². The molecule has 7 nitrogen and oxygen atoms in total. The van der Waals surface area contributed by atoms with Crippen molar-refractivity contribution in [3.63, 3.8) is 0 Å². The van der Waals surface area contributed by atoms with Crippen LogP contribution in [0.4, 0.5) is 23.1 Å². The highest BCUT2D eigenvalue weighted by Crippen LogP contribution is 2.19. The molecule has 3 aromatic rings. The van der Waals surface area contributed by atoms with Crippen molar-refractivity contribution >= 4 is 29.0 Å². The fourth-order valence-electron chi connectivity index (χ4n) is 2.12. The maximum atomic E-state index is 11.1. The van der Waals surface area contributed by atoms with E-state index in [4.69, 9.17) is 4.42 Å². The SMILES string of the molecule is CC(=O)Nc1cccc(Nc2nccc(NCc3ccco3)n2)c1. The third kappa shape index (κ3) is 4.33. The highest BCUT2D eigenvalue weighted by Gasteiger charge is 2.03. The number of rotatable bonds is 6. The van der Waals surface area contributed by atoms with Crippen LogP contribution in [0, 0.1) is 0 Å². The molecule has 2 heterocycles. The van der Waals surface area contributed by atoms with Crippen molar-refractivity contribution in [3.8, 4) is 0 Å². The van der Waals surface area contributed by atoms with Gasteiger partial charge in [-0.05, 0) is 36.4 Å². The van der Waals surface area contributed by atoms with Crippen LogP contribution in [0.1, 0.15) is 12.7 Å². The van der Waals surface area contributed by atoms with Crippen molar-refractivity contribution in [1.29, 1.82) is 0 Å². The molecular formula is C17H17N5O2. The van der Waals surface area contributed by atoms with Gasteiger partial charge in [0.15, 0.2) is 0 Å². The van der Waals surface area contributed by atoms with E-state index in [1.807, 2.05) is 36.4 Å². The molecule has 1 aromatic carbocycles. The van der Waals surface area contributed by atoms with E-state index in [0.29, 0.717) is 24.0 Å². The van der Waals surface area contributed by atoms with Crippen LogP contribution in [-0.2, 0) is 11.3 Å². The zero-order valence-electron chi connectivity index (χ0n) is 13.1. The summed E-state index contributed by atoms with van der Waals surface area (Å²) in [6, 6.07) is 12.8. The summed E-state index contributed by atoms with van der Waals surface area (Å²) in [7, 11) is 0. The van der Waals surface area contributed by atoms with Crippen molar-refractivity contribution in [2.24, 2.45) is 0 Å². The van der Waals surface area contributed by atoms with Gasteiger partial charge in [-0.2, -0.15) is 4.98 Å². The predicted octanol–water partition coefficient (Wildman–Crippen LogP) is 3.38. The Morgan fingerprint density at radius 2 is 2.04 bits per heavy atom. The van der Waals surface area contributed by atoms with Crippen molar-refractivity contribution in [2.75, 3.05) is 16.0 Å². The lowest BCUT2D eigenvalue weighted by molar-refractivity contribution is -0.114. The fourth-order valence-corrected chi connectivity index (χ4v) is 2.12. The molecule has 0 spiro atoms. The van der Waals surface area contributed by atoms with Crippen LogP contribution < -0.4 is 16.0 Å². The number of benzene rings is 1. The number of amides is 1. The molecule has 7 heteroatoms. The third-order valence-corrected chi connectivity index (χ3v) is 3.12. The summed E-state index contributed by atoms with van der Waals surface area (Å²) < 4.78 is 5.27. The van der Waals surface area contributed by atoms with Crippen LogP contribution in [-0.4, -0.2) is 15.9 Å². The van der Waals surface area contributed by atoms with E-state index in [1.165, 1.54) is 6.92 Å². The molecule has 24 heavy (non-hydrogen) atoms. The maximum Gasteiger partial charge on any atom is 0.229 e. The Kier molecular flexibility index (Phi) is 4.71. The normalized spacial score (nSPS) is 10.2. The Labute approximate surface area is 139 Å². The molecule has 1 amide bonds. The molecule has 122 valence electrons. The lowest BCUT2D eigenvalue weighted by atomic mass is 10.3. The highest BCUT2D eigenvalue weighted by molar-refractivity contribution is 5.89. The standard InChI is InChI=1S/C17H17N5O2/c1-12(23)20-13-4-2-5-14(10-13)21-17-18-8-7-16(22-17)19-11-15-6-3-9-24-15/h2-10H,11H2,1H3,(H,20,23)(H2,18,19,21,22). The van der Waals surface area contributed by atoms with Gasteiger partial charge in [0.05, 0.1) is 12.8 Å². The number of aromatic nitrogens is 2. The van der Waals surface area contributed by atoms with Crippen LogP contribution in [0.2, 0.25) is 0 Å². The number of furan rings is 1. The summed E-state index contributed by atoms with van der Waals surface area (Å²) in [5.74, 6) is 1.85. The minimum Gasteiger partial charge on any atom is -0.467 e. The van der Waals surface area contributed by atoms with Crippen molar-refractivity contribution in [2.45, 2.75) is 13.5 Å². The topological polar surface area (TPSA) is 92.1 Å². The summed E-state index contributed by atoms with van der Waals surface area (Å²) in [5.41, 5.74) is 1.49. The number of hydrogen-bond acceptors (Lipinski definition) is 6. The molecular weight excluding hydrogens is 306 g/mol. The molecule has 0 aliphatic heterocycles.